The van der Waals surface area contributed by atoms with E-state index in [1.54, 1.807) is 0 Å². The molecule has 0 N–H and O–H groups in total. The van der Waals surface area contributed by atoms with Gasteiger partial charge >= 0.3 is 6.03 Å². The van der Waals surface area contributed by atoms with Crippen LogP contribution in [0.1, 0.15) is 36.5 Å². The molecule has 3 nitrogen and oxygen atoms in total. The van der Waals surface area contributed by atoms with Crippen molar-refractivity contribution in [3.8, 4) is 0 Å². The van der Waals surface area contributed by atoms with Crippen molar-refractivity contribution in [1.82, 2.24) is 9.80 Å². The summed E-state index contributed by atoms with van der Waals surface area (Å²) in [5.41, 5.74) is 3.62. The van der Waals surface area contributed by atoms with Gasteiger partial charge in [-0.25, -0.2) is 4.79 Å². The number of hydrogen-bond donors (Lipinski definition) is 0. The maximum absolute atomic E-state index is 13.2. The van der Waals surface area contributed by atoms with Crippen LogP contribution < -0.4 is 0 Å². The molecule has 0 aliphatic carbocycles. The van der Waals surface area contributed by atoms with Crippen molar-refractivity contribution in [2.45, 2.75) is 32.9 Å². The van der Waals surface area contributed by atoms with Gasteiger partial charge in [-0.3, -0.25) is 0 Å². The monoisotopic (exact) mass is 386 g/mol. The second-order valence-corrected chi connectivity index (χ2v) is 7.12. The van der Waals surface area contributed by atoms with Gasteiger partial charge in [0, 0.05) is 32.1 Å². The third-order valence-electron chi connectivity index (χ3n) is 5.13. The Balaban J connectivity index is 0.00000117. The third-order valence-corrected chi connectivity index (χ3v) is 5.13. The highest BCUT2D eigenvalue weighted by molar-refractivity contribution is 5.75. The molecule has 0 saturated carbocycles. The molecule has 3 aromatic rings. The summed E-state index contributed by atoms with van der Waals surface area (Å²) in [7, 11) is 0. The predicted octanol–water partition coefficient (Wildman–Crippen LogP) is 5.93. The van der Waals surface area contributed by atoms with Crippen LogP contribution in [0.5, 0.6) is 0 Å². The van der Waals surface area contributed by atoms with Crippen LogP contribution in [0.3, 0.4) is 0 Å². The van der Waals surface area contributed by atoms with Crippen LogP contribution in [-0.4, -0.2) is 28.9 Å². The van der Waals surface area contributed by atoms with Crippen LogP contribution in [0, 0.1) is 0 Å². The van der Waals surface area contributed by atoms with Crippen molar-refractivity contribution in [2.75, 3.05) is 13.1 Å². The number of nitrogens with zero attached hydrogens (tertiary/aromatic N) is 2. The number of urea groups is 1. The molecule has 3 aromatic carbocycles. The highest BCUT2D eigenvalue weighted by atomic mass is 16.2. The molecule has 0 spiro atoms. The van der Waals surface area contributed by atoms with Gasteiger partial charge in [-0.05, 0) is 16.7 Å². The van der Waals surface area contributed by atoms with Crippen molar-refractivity contribution in [2.24, 2.45) is 0 Å². The minimum atomic E-state index is 0.120. The molecule has 0 atom stereocenters. The Morgan fingerprint density at radius 2 is 1.03 bits per heavy atom. The molecule has 4 rings (SSSR count). The van der Waals surface area contributed by atoms with E-state index in [0.29, 0.717) is 19.0 Å². The summed E-state index contributed by atoms with van der Waals surface area (Å²) in [4.78, 5) is 17.1. The summed E-state index contributed by atoms with van der Waals surface area (Å²) in [5.74, 6) is 0.316. The zero-order valence-corrected chi connectivity index (χ0v) is 17.4. The van der Waals surface area contributed by atoms with Crippen molar-refractivity contribution in [3.63, 3.8) is 0 Å². The van der Waals surface area contributed by atoms with Gasteiger partial charge in [-0.15, -0.1) is 0 Å². The standard InChI is InChI=1S/C24H24N2O.C2H6/c27-24-25(16-20-10-4-1-5-11-20)18-23(22-14-8-3-9-15-22)19-26(24)17-21-12-6-2-7-13-21;1-2/h1-15,23H,16-19H2;1-2H3. The van der Waals surface area contributed by atoms with E-state index in [1.165, 1.54) is 16.7 Å². The first-order chi connectivity index (χ1) is 14.3. The smallest absolute Gasteiger partial charge is 0.320 e. The normalized spacial score (nSPS) is 14.3. The van der Waals surface area contributed by atoms with E-state index in [4.69, 9.17) is 0 Å². The fourth-order valence-corrected chi connectivity index (χ4v) is 3.75. The lowest BCUT2D eigenvalue weighted by atomic mass is 9.95. The Kier molecular flexibility index (Phi) is 7.46. The molecule has 1 heterocycles. The van der Waals surface area contributed by atoms with E-state index in [2.05, 4.69) is 48.5 Å². The largest absolute Gasteiger partial charge is 0.320 e. The van der Waals surface area contributed by atoms with Crippen LogP contribution in [0.2, 0.25) is 0 Å². The Bertz CT molecular complexity index is 811. The number of hydrogen-bond acceptors (Lipinski definition) is 1. The lowest BCUT2D eigenvalue weighted by molar-refractivity contribution is 0.113. The quantitative estimate of drug-likeness (QED) is 0.533. The summed E-state index contributed by atoms with van der Waals surface area (Å²) in [5, 5.41) is 0. The second kappa shape index (κ2) is 10.5. The zero-order valence-electron chi connectivity index (χ0n) is 17.4. The average molecular weight is 387 g/mol. The molecular weight excluding hydrogens is 356 g/mol. The van der Waals surface area contributed by atoms with E-state index in [9.17, 15) is 4.79 Å². The summed E-state index contributed by atoms with van der Waals surface area (Å²) in [6.45, 7) is 6.80. The van der Waals surface area contributed by atoms with E-state index in [0.717, 1.165) is 13.1 Å². The molecule has 1 aliphatic rings. The molecule has 0 unspecified atom stereocenters. The number of carbonyl (C=O) groups is 1. The maximum atomic E-state index is 13.2. The molecule has 0 aromatic heterocycles. The van der Waals surface area contributed by atoms with Gasteiger partial charge in [0.1, 0.15) is 0 Å². The first-order valence-electron chi connectivity index (χ1n) is 10.5. The minimum Gasteiger partial charge on any atom is -0.320 e. The molecule has 1 aliphatic heterocycles. The summed E-state index contributed by atoms with van der Waals surface area (Å²) < 4.78 is 0. The lowest BCUT2D eigenvalue weighted by Crippen LogP contribution is -2.51. The molecule has 1 fully saturated rings. The van der Waals surface area contributed by atoms with Crippen LogP contribution in [0.25, 0.3) is 0 Å². The predicted molar refractivity (Wildman–Crippen MR) is 120 cm³/mol. The van der Waals surface area contributed by atoms with E-state index in [-0.39, 0.29) is 6.03 Å². The van der Waals surface area contributed by atoms with Gasteiger partial charge < -0.3 is 9.80 Å². The molecule has 29 heavy (non-hydrogen) atoms. The molecule has 150 valence electrons. The number of carbonyl (C=O) groups excluding carboxylic acids is 1. The molecular formula is C26H30N2O. The van der Waals surface area contributed by atoms with Gasteiger partial charge in [-0.1, -0.05) is 105 Å². The maximum Gasteiger partial charge on any atom is 0.320 e. The molecule has 0 radical (unpaired) electrons. The fraction of sp³-hybridized carbons (Fsp3) is 0.269. The second-order valence-electron chi connectivity index (χ2n) is 7.12. The molecule has 3 heteroatoms. The fourth-order valence-electron chi connectivity index (χ4n) is 3.75. The first-order valence-corrected chi connectivity index (χ1v) is 10.5. The summed E-state index contributed by atoms with van der Waals surface area (Å²) in [6.07, 6.45) is 0. The van der Waals surface area contributed by atoms with Gasteiger partial charge in [0.25, 0.3) is 0 Å². The lowest BCUT2D eigenvalue weighted by Gasteiger charge is -2.40. The van der Waals surface area contributed by atoms with Crippen LogP contribution in [0.4, 0.5) is 4.79 Å². The van der Waals surface area contributed by atoms with Crippen molar-refractivity contribution in [1.29, 1.82) is 0 Å². The van der Waals surface area contributed by atoms with Crippen LogP contribution in [-0.2, 0) is 13.1 Å². The van der Waals surface area contributed by atoms with Crippen LogP contribution >= 0.6 is 0 Å². The van der Waals surface area contributed by atoms with Gasteiger partial charge in [0.05, 0.1) is 0 Å². The Morgan fingerprint density at radius 3 is 1.45 bits per heavy atom. The van der Waals surface area contributed by atoms with Gasteiger partial charge in [0.2, 0.25) is 0 Å². The SMILES string of the molecule is CC.O=C1N(Cc2ccccc2)CC(c2ccccc2)CN1Cc1ccccc1. The van der Waals surface area contributed by atoms with Crippen molar-refractivity contribution >= 4 is 6.03 Å². The Labute approximate surface area is 174 Å². The summed E-state index contributed by atoms with van der Waals surface area (Å²) >= 11 is 0. The molecule has 0 bridgehead atoms. The number of amides is 2. The molecule has 2 amide bonds. The van der Waals surface area contributed by atoms with Gasteiger partial charge in [0.15, 0.2) is 0 Å². The number of rotatable bonds is 5. The Hall–Kier alpha value is -3.07. The highest BCUT2D eigenvalue weighted by Gasteiger charge is 2.32. The Morgan fingerprint density at radius 1 is 0.655 bits per heavy atom. The van der Waals surface area contributed by atoms with E-state index >= 15 is 0 Å². The van der Waals surface area contributed by atoms with E-state index < -0.39 is 0 Å². The summed E-state index contributed by atoms with van der Waals surface area (Å²) in [6, 6.07) is 31.1. The van der Waals surface area contributed by atoms with Crippen molar-refractivity contribution in [3.05, 3.63) is 108 Å². The van der Waals surface area contributed by atoms with Crippen molar-refractivity contribution < 1.29 is 4.79 Å². The zero-order chi connectivity index (χ0) is 20.5. The van der Waals surface area contributed by atoms with E-state index in [1.807, 2.05) is 66.1 Å². The minimum absolute atomic E-state index is 0.120. The highest BCUT2D eigenvalue weighted by Crippen LogP contribution is 2.26. The number of benzene rings is 3. The first kappa shape index (κ1) is 20.7. The topological polar surface area (TPSA) is 23.6 Å². The van der Waals surface area contributed by atoms with Gasteiger partial charge in [-0.2, -0.15) is 0 Å². The molecule has 1 saturated heterocycles. The average Bonchev–Trinajstić information content (AvgIpc) is 2.80. The third kappa shape index (κ3) is 5.47. The van der Waals surface area contributed by atoms with Crippen LogP contribution in [0.15, 0.2) is 91.0 Å².